The van der Waals surface area contributed by atoms with E-state index in [2.05, 4.69) is 62.1 Å². The fraction of sp³-hybridized carbons (Fsp3) is 0.500. The molecule has 1 aromatic heterocycles. The molecule has 2 aliphatic rings. The van der Waals surface area contributed by atoms with Gasteiger partial charge in [0.2, 0.25) is 11.7 Å². The molecular formula is C28H35N3O3. The first kappa shape index (κ1) is 23.2. The lowest BCUT2D eigenvalue weighted by Crippen LogP contribution is -2.63. The maximum atomic E-state index is 12.5. The largest absolute Gasteiger partial charge is 0.381 e. The monoisotopic (exact) mass is 461 g/mol. The van der Waals surface area contributed by atoms with E-state index < -0.39 is 5.60 Å². The Balaban J connectivity index is 1.53. The fourth-order valence-electron chi connectivity index (χ4n) is 5.69. The molecule has 1 atom stereocenters. The molecular weight excluding hydrogens is 426 g/mol. The highest BCUT2D eigenvalue weighted by molar-refractivity contribution is 5.58. The van der Waals surface area contributed by atoms with Crippen LogP contribution >= 0.6 is 0 Å². The number of benzene rings is 2. The Kier molecular flexibility index (Phi) is 6.09. The summed E-state index contributed by atoms with van der Waals surface area (Å²) in [6.45, 7) is 9.64. The number of aliphatic hydroxyl groups is 1. The van der Waals surface area contributed by atoms with E-state index in [4.69, 9.17) is 14.2 Å². The Morgan fingerprint density at radius 1 is 1.06 bits per heavy atom. The molecule has 180 valence electrons. The van der Waals surface area contributed by atoms with Crippen molar-refractivity contribution in [3.05, 3.63) is 71.1 Å². The minimum absolute atomic E-state index is 0.249. The third-order valence-electron chi connectivity index (χ3n) is 7.66. The summed E-state index contributed by atoms with van der Waals surface area (Å²) < 4.78 is 11.1. The van der Waals surface area contributed by atoms with E-state index in [1.165, 1.54) is 5.56 Å². The molecule has 0 unspecified atom stereocenters. The molecule has 2 aliphatic heterocycles. The van der Waals surface area contributed by atoms with Crippen molar-refractivity contribution in [1.82, 2.24) is 15.0 Å². The highest BCUT2D eigenvalue weighted by Gasteiger charge is 2.55. The van der Waals surface area contributed by atoms with Gasteiger partial charge in [-0.3, -0.25) is 0 Å². The molecule has 0 aliphatic carbocycles. The number of likely N-dealkylation sites (tertiary alicyclic amines) is 1. The van der Waals surface area contributed by atoms with Crippen LogP contribution in [0, 0.1) is 5.41 Å². The second kappa shape index (κ2) is 8.91. The number of hydrogen-bond donors (Lipinski definition) is 1. The van der Waals surface area contributed by atoms with Gasteiger partial charge < -0.3 is 19.3 Å². The van der Waals surface area contributed by atoms with Gasteiger partial charge in [-0.05, 0) is 48.6 Å². The topological polar surface area (TPSA) is 71.6 Å². The fourth-order valence-corrected chi connectivity index (χ4v) is 5.69. The SMILES string of the molecule is CC(C)c1ccc([C@](O)(c2cccc(-c3noc(C4CCOCC4)n3)c2)C2(C)CN(C)C2)cc1. The first-order chi connectivity index (χ1) is 16.3. The molecule has 6 nitrogen and oxygen atoms in total. The molecule has 0 saturated carbocycles. The van der Waals surface area contributed by atoms with Crippen LogP contribution in [-0.2, 0) is 10.3 Å². The lowest BCUT2D eigenvalue weighted by molar-refractivity contribution is -0.127. The minimum Gasteiger partial charge on any atom is -0.381 e. The zero-order valence-corrected chi connectivity index (χ0v) is 20.6. The number of aromatic nitrogens is 2. The Bertz CT molecular complexity index is 1130. The summed E-state index contributed by atoms with van der Waals surface area (Å²) in [4.78, 5) is 6.96. The van der Waals surface area contributed by atoms with Crippen LogP contribution in [0.4, 0.5) is 0 Å². The molecule has 3 aromatic rings. The average molecular weight is 462 g/mol. The second-order valence-electron chi connectivity index (χ2n) is 10.6. The van der Waals surface area contributed by atoms with Gasteiger partial charge in [-0.15, -0.1) is 0 Å². The molecule has 0 spiro atoms. The summed E-state index contributed by atoms with van der Waals surface area (Å²) in [6.07, 6.45) is 1.80. The average Bonchev–Trinajstić information content (AvgIpc) is 3.34. The molecule has 3 heterocycles. The molecule has 6 heteroatoms. The Hall–Kier alpha value is -2.54. The van der Waals surface area contributed by atoms with Crippen LogP contribution in [0.3, 0.4) is 0 Å². The molecule has 0 amide bonds. The zero-order chi connectivity index (χ0) is 23.9. The first-order valence-electron chi connectivity index (χ1n) is 12.3. The van der Waals surface area contributed by atoms with Crippen LogP contribution in [0.1, 0.15) is 68.0 Å². The van der Waals surface area contributed by atoms with Crippen molar-refractivity contribution < 1.29 is 14.4 Å². The predicted molar refractivity (Wildman–Crippen MR) is 132 cm³/mol. The van der Waals surface area contributed by atoms with Crippen molar-refractivity contribution in [2.75, 3.05) is 33.4 Å². The molecule has 1 N–H and O–H groups in total. The summed E-state index contributed by atoms with van der Waals surface area (Å²) >= 11 is 0. The van der Waals surface area contributed by atoms with Crippen LogP contribution in [-0.4, -0.2) is 53.5 Å². The number of rotatable bonds is 6. The van der Waals surface area contributed by atoms with Crippen molar-refractivity contribution in [1.29, 1.82) is 0 Å². The molecule has 34 heavy (non-hydrogen) atoms. The minimum atomic E-state index is -1.14. The van der Waals surface area contributed by atoms with Gasteiger partial charge in [0.25, 0.3) is 0 Å². The summed E-state index contributed by atoms with van der Waals surface area (Å²) in [5.74, 6) is 1.94. The molecule has 2 aromatic carbocycles. The lowest BCUT2D eigenvalue weighted by Gasteiger charge is -2.56. The summed E-state index contributed by atoms with van der Waals surface area (Å²) in [5.41, 5.74) is 2.44. The van der Waals surface area contributed by atoms with E-state index in [-0.39, 0.29) is 11.3 Å². The van der Waals surface area contributed by atoms with E-state index >= 15 is 0 Å². The molecule has 5 rings (SSSR count). The summed E-state index contributed by atoms with van der Waals surface area (Å²) in [6, 6.07) is 16.5. The van der Waals surface area contributed by atoms with Crippen molar-refractivity contribution in [2.24, 2.45) is 5.41 Å². The third-order valence-corrected chi connectivity index (χ3v) is 7.66. The smallest absolute Gasteiger partial charge is 0.230 e. The van der Waals surface area contributed by atoms with E-state index in [1.807, 2.05) is 24.3 Å². The molecule has 2 saturated heterocycles. The maximum absolute atomic E-state index is 12.5. The van der Waals surface area contributed by atoms with E-state index in [0.717, 1.165) is 55.8 Å². The molecule has 0 radical (unpaired) electrons. The zero-order valence-electron chi connectivity index (χ0n) is 20.6. The van der Waals surface area contributed by atoms with E-state index in [9.17, 15) is 5.11 Å². The quantitative estimate of drug-likeness (QED) is 0.561. The van der Waals surface area contributed by atoms with Crippen molar-refractivity contribution in [3.8, 4) is 11.4 Å². The van der Waals surface area contributed by atoms with Gasteiger partial charge in [0.15, 0.2) is 0 Å². The number of nitrogens with zero attached hydrogens (tertiary/aromatic N) is 3. The summed E-state index contributed by atoms with van der Waals surface area (Å²) in [5, 5.41) is 16.7. The predicted octanol–water partition coefficient (Wildman–Crippen LogP) is 4.94. The summed E-state index contributed by atoms with van der Waals surface area (Å²) in [7, 11) is 2.09. The maximum Gasteiger partial charge on any atom is 0.230 e. The van der Waals surface area contributed by atoms with Gasteiger partial charge in [0, 0.05) is 43.2 Å². The first-order valence-corrected chi connectivity index (χ1v) is 12.3. The van der Waals surface area contributed by atoms with Crippen molar-refractivity contribution in [2.45, 2.75) is 51.0 Å². The van der Waals surface area contributed by atoms with E-state index in [1.54, 1.807) is 0 Å². The van der Waals surface area contributed by atoms with Gasteiger partial charge in [-0.2, -0.15) is 4.98 Å². The molecule has 0 bridgehead atoms. The highest BCUT2D eigenvalue weighted by Crippen LogP contribution is 2.50. The van der Waals surface area contributed by atoms with Crippen LogP contribution in [0.5, 0.6) is 0 Å². The van der Waals surface area contributed by atoms with Crippen LogP contribution in [0.15, 0.2) is 53.1 Å². The van der Waals surface area contributed by atoms with Gasteiger partial charge in [0.1, 0.15) is 5.60 Å². The van der Waals surface area contributed by atoms with Gasteiger partial charge in [-0.1, -0.05) is 68.4 Å². The van der Waals surface area contributed by atoms with Crippen LogP contribution in [0.2, 0.25) is 0 Å². The van der Waals surface area contributed by atoms with Crippen molar-refractivity contribution in [3.63, 3.8) is 0 Å². The van der Waals surface area contributed by atoms with Crippen LogP contribution < -0.4 is 0 Å². The Labute approximate surface area is 201 Å². The van der Waals surface area contributed by atoms with E-state index in [0.29, 0.717) is 17.6 Å². The van der Waals surface area contributed by atoms with Crippen molar-refractivity contribution >= 4 is 0 Å². The number of hydrogen-bond acceptors (Lipinski definition) is 6. The second-order valence-corrected chi connectivity index (χ2v) is 10.6. The lowest BCUT2D eigenvalue weighted by atomic mass is 9.62. The standard InChI is InChI=1S/C28H35N3O3/c1-19(2)20-8-10-23(11-9-20)28(32,27(3)17-31(4)18-27)24-7-5-6-22(16-24)25-29-26(34-30-25)21-12-14-33-15-13-21/h5-11,16,19,21,32H,12-15,17-18H2,1-4H3/t28-/m0/s1. The molecule has 2 fully saturated rings. The van der Waals surface area contributed by atoms with Gasteiger partial charge >= 0.3 is 0 Å². The van der Waals surface area contributed by atoms with Crippen LogP contribution in [0.25, 0.3) is 11.4 Å². The van der Waals surface area contributed by atoms with Gasteiger partial charge in [0.05, 0.1) is 0 Å². The highest BCUT2D eigenvalue weighted by atomic mass is 16.5. The van der Waals surface area contributed by atoms with Gasteiger partial charge in [-0.25, -0.2) is 0 Å². The normalized spacial score (nSPS) is 20.8. The Morgan fingerprint density at radius 3 is 2.41 bits per heavy atom. The third kappa shape index (κ3) is 3.98. The Morgan fingerprint density at radius 2 is 1.76 bits per heavy atom. The number of ether oxygens (including phenoxy) is 1.